The topological polar surface area (TPSA) is 97.6 Å². The zero-order chi connectivity index (χ0) is 19.3. The number of methoxy groups -OCH3 is 1. The SMILES string of the molecule is C=CC.C=CC.COCCO.OCCOCCOCCOCCO. The van der Waals surface area contributed by atoms with Gasteiger partial charge in [-0.25, -0.2) is 0 Å². The Morgan fingerprint density at radius 1 is 0.625 bits per heavy atom. The predicted molar refractivity (Wildman–Crippen MR) is 97.3 cm³/mol. The molecule has 0 saturated heterocycles. The van der Waals surface area contributed by atoms with Crippen molar-refractivity contribution in [3.8, 4) is 0 Å². The molecule has 0 aromatic heterocycles. The molecule has 24 heavy (non-hydrogen) atoms. The van der Waals surface area contributed by atoms with Gasteiger partial charge in [0.2, 0.25) is 0 Å². The Bertz CT molecular complexity index is 172. The molecule has 0 amide bonds. The number of aliphatic hydroxyl groups excluding tert-OH is 3. The van der Waals surface area contributed by atoms with E-state index in [0.29, 0.717) is 46.2 Å². The van der Waals surface area contributed by atoms with Crippen molar-refractivity contribution in [2.45, 2.75) is 13.8 Å². The summed E-state index contributed by atoms with van der Waals surface area (Å²) in [7, 11) is 1.55. The lowest BCUT2D eigenvalue weighted by Gasteiger charge is -2.04. The Balaban J connectivity index is -0.000000149. The van der Waals surface area contributed by atoms with Crippen molar-refractivity contribution in [3.05, 3.63) is 25.3 Å². The fourth-order valence-electron chi connectivity index (χ4n) is 0.762. The van der Waals surface area contributed by atoms with Crippen LogP contribution in [0.15, 0.2) is 25.3 Å². The van der Waals surface area contributed by atoms with Crippen LogP contribution in [0.25, 0.3) is 0 Å². The molecule has 0 aromatic carbocycles. The molecule has 0 rings (SSSR count). The molecule has 7 heteroatoms. The van der Waals surface area contributed by atoms with Gasteiger partial charge in [0.1, 0.15) is 0 Å². The third-order valence-electron chi connectivity index (χ3n) is 1.51. The summed E-state index contributed by atoms with van der Waals surface area (Å²) < 4.78 is 19.5. The van der Waals surface area contributed by atoms with Crippen molar-refractivity contribution in [1.82, 2.24) is 0 Å². The van der Waals surface area contributed by atoms with E-state index >= 15 is 0 Å². The van der Waals surface area contributed by atoms with Crippen molar-refractivity contribution >= 4 is 0 Å². The van der Waals surface area contributed by atoms with Gasteiger partial charge in [0.15, 0.2) is 0 Å². The Morgan fingerprint density at radius 3 is 1.04 bits per heavy atom. The summed E-state index contributed by atoms with van der Waals surface area (Å²) in [6.07, 6.45) is 3.50. The zero-order valence-corrected chi connectivity index (χ0v) is 15.6. The largest absolute Gasteiger partial charge is 0.394 e. The summed E-state index contributed by atoms with van der Waals surface area (Å²) >= 11 is 0. The summed E-state index contributed by atoms with van der Waals surface area (Å²) in [6.45, 7) is 13.8. The quantitative estimate of drug-likeness (QED) is 0.356. The molecule has 0 heterocycles. The van der Waals surface area contributed by atoms with Gasteiger partial charge in [-0.3, -0.25) is 0 Å². The van der Waals surface area contributed by atoms with Crippen LogP contribution in [0, 0.1) is 0 Å². The molecule has 0 saturated carbocycles. The number of hydrogen-bond donors (Lipinski definition) is 3. The fraction of sp³-hybridized carbons (Fsp3) is 0.765. The van der Waals surface area contributed by atoms with E-state index < -0.39 is 0 Å². The highest BCUT2D eigenvalue weighted by Crippen LogP contribution is 1.80. The maximum atomic E-state index is 8.36. The fourth-order valence-corrected chi connectivity index (χ4v) is 0.762. The van der Waals surface area contributed by atoms with Crippen LogP contribution in [0.4, 0.5) is 0 Å². The zero-order valence-electron chi connectivity index (χ0n) is 15.6. The van der Waals surface area contributed by atoms with Gasteiger partial charge in [0, 0.05) is 7.11 Å². The molecule has 0 aliphatic rings. The first-order chi connectivity index (χ1) is 11.7. The van der Waals surface area contributed by atoms with Crippen LogP contribution < -0.4 is 0 Å². The Kier molecular flexibility index (Phi) is 55.8. The molecule has 0 atom stereocenters. The van der Waals surface area contributed by atoms with Gasteiger partial charge in [0.25, 0.3) is 0 Å². The highest BCUT2D eigenvalue weighted by atomic mass is 16.5. The summed E-state index contributed by atoms with van der Waals surface area (Å²) in [4.78, 5) is 0. The summed E-state index contributed by atoms with van der Waals surface area (Å²) in [5.74, 6) is 0. The smallest absolute Gasteiger partial charge is 0.0701 e. The second kappa shape index (κ2) is 43.2. The highest BCUT2D eigenvalue weighted by molar-refractivity contribution is 4.52. The van der Waals surface area contributed by atoms with E-state index in [9.17, 15) is 0 Å². The number of rotatable bonds is 12. The Hall–Kier alpha value is -0.800. The second-order valence-corrected chi connectivity index (χ2v) is 3.82. The van der Waals surface area contributed by atoms with Gasteiger partial charge in [-0.15, -0.1) is 13.2 Å². The molecule has 0 unspecified atom stereocenters. The van der Waals surface area contributed by atoms with Crippen LogP contribution in [-0.2, 0) is 18.9 Å². The van der Waals surface area contributed by atoms with E-state index in [2.05, 4.69) is 17.9 Å². The first kappa shape index (κ1) is 31.0. The average Bonchev–Trinajstić information content (AvgIpc) is 2.56. The van der Waals surface area contributed by atoms with Gasteiger partial charge in [-0.2, -0.15) is 0 Å². The third kappa shape index (κ3) is 69.0. The van der Waals surface area contributed by atoms with Crippen LogP contribution in [0.3, 0.4) is 0 Å². The minimum absolute atomic E-state index is 0.0413. The molecule has 0 aliphatic heterocycles. The van der Waals surface area contributed by atoms with Gasteiger partial charge in [-0.05, 0) is 13.8 Å². The maximum Gasteiger partial charge on any atom is 0.0701 e. The number of aliphatic hydroxyl groups is 3. The normalized spacial score (nSPS) is 8.58. The van der Waals surface area contributed by atoms with Crippen molar-refractivity contribution in [2.24, 2.45) is 0 Å². The molecule has 0 aliphatic carbocycles. The Labute approximate surface area is 147 Å². The molecule has 0 fully saturated rings. The molecule has 0 aromatic rings. The molecule has 148 valence electrons. The van der Waals surface area contributed by atoms with Crippen molar-refractivity contribution in [1.29, 1.82) is 0 Å². The van der Waals surface area contributed by atoms with E-state index in [0.717, 1.165) is 0 Å². The van der Waals surface area contributed by atoms with Crippen molar-refractivity contribution < 1.29 is 34.3 Å². The van der Waals surface area contributed by atoms with Crippen LogP contribution in [0.5, 0.6) is 0 Å². The third-order valence-corrected chi connectivity index (χ3v) is 1.51. The number of allylic oxidation sites excluding steroid dienone is 2. The van der Waals surface area contributed by atoms with E-state index in [1.165, 1.54) is 0 Å². The second-order valence-electron chi connectivity index (χ2n) is 3.82. The minimum Gasteiger partial charge on any atom is -0.394 e. The van der Waals surface area contributed by atoms with Crippen LogP contribution >= 0.6 is 0 Å². The van der Waals surface area contributed by atoms with Gasteiger partial charge < -0.3 is 34.3 Å². The molecule has 0 bridgehead atoms. The van der Waals surface area contributed by atoms with Crippen molar-refractivity contribution in [2.75, 3.05) is 73.2 Å². The first-order valence-corrected chi connectivity index (χ1v) is 7.85. The van der Waals surface area contributed by atoms with Gasteiger partial charge in [0.05, 0.1) is 66.1 Å². The maximum absolute atomic E-state index is 8.36. The standard InChI is InChI=1S/C8H18O5.C3H8O2.2C3H6/c9-1-3-11-5-7-13-8-6-12-4-2-10;1-5-3-2-4;2*1-3-2/h9-10H,1-8H2;4H,2-3H2,1H3;2*3H,1H2,2H3. The van der Waals surface area contributed by atoms with Crippen molar-refractivity contribution in [3.63, 3.8) is 0 Å². The molecular weight excluding hydrogens is 316 g/mol. The van der Waals surface area contributed by atoms with E-state index in [1.54, 1.807) is 19.3 Å². The van der Waals surface area contributed by atoms with Crippen LogP contribution in [-0.4, -0.2) is 88.5 Å². The van der Waals surface area contributed by atoms with E-state index in [1.807, 2.05) is 13.8 Å². The predicted octanol–water partition coefficient (Wildman–Crippen LogP) is 1.03. The summed E-state index contributed by atoms with van der Waals surface area (Å²) in [5.41, 5.74) is 0. The van der Waals surface area contributed by atoms with Gasteiger partial charge in [-0.1, -0.05) is 12.2 Å². The van der Waals surface area contributed by atoms with Gasteiger partial charge >= 0.3 is 0 Å². The molecule has 7 nitrogen and oxygen atoms in total. The van der Waals surface area contributed by atoms with E-state index in [4.69, 9.17) is 29.5 Å². The Morgan fingerprint density at radius 2 is 0.875 bits per heavy atom. The molecule has 0 spiro atoms. The molecule has 3 N–H and O–H groups in total. The average molecular weight is 354 g/mol. The monoisotopic (exact) mass is 354 g/mol. The number of hydrogen-bond acceptors (Lipinski definition) is 7. The first-order valence-electron chi connectivity index (χ1n) is 7.85. The molecular formula is C17H38O7. The number of ether oxygens (including phenoxy) is 4. The lowest BCUT2D eigenvalue weighted by Crippen LogP contribution is -2.11. The van der Waals surface area contributed by atoms with Crippen LogP contribution in [0.2, 0.25) is 0 Å². The highest BCUT2D eigenvalue weighted by Gasteiger charge is 1.89. The van der Waals surface area contributed by atoms with Crippen LogP contribution in [0.1, 0.15) is 13.8 Å². The lowest BCUT2D eigenvalue weighted by atomic mass is 10.7. The van der Waals surface area contributed by atoms with E-state index in [-0.39, 0.29) is 19.8 Å². The summed E-state index contributed by atoms with van der Waals surface area (Å²) in [5, 5.41) is 24.7. The summed E-state index contributed by atoms with van der Waals surface area (Å²) in [6, 6.07) is 0. The lowest BCUT2D eigenvalue weighted by molar-refractivity contribution is 0.00230. The minimum atomic E-state index is 0.0413. The molecule has 0 radical (unpaired) electrons.